The Hall–Kier alpha value is -3.13. The predicted octanol–water partition coefficient (Wildman–Crippen LogP) is 3.25. The van der Waals surface area contributed by atoms with Crippen LogP contribution in [0.4, 0.5) is 5.69 Å². The van der Waals surface area contributed by atoms with Gasteiger partial charge in [0.15, 0.2) is 9.84 Å². The second-order valence-corrected chi connectivity index (χ2v) is 9.26. The standard InChI is InChI=1S/C22H23NO6S/c1-15(2)14-29-22(25)17-9-6-10-18(13-17)23-21(24)19-20(16-7-4-3-5-8-16)30(26,27)12-11-28-19/h3-10,13,15H,11-12,14H2,1-2H3,(H,23,24). The van der Waals surface area contributed by atoms with Gasteiger partial charge in [0.1, 0.15) is 11.5 Å². The van der Waals surface area contributed by atoms with Gasteiger partial charge < -0.3 is 14.8 Å². The predicted molar refractivity (Wildman–Crippen MR) is 113 cm³/mol. The summed E-state index contributed by atoms with van der Waals surface area (Å²) < 4.78 is 35.9. The van der Waals surface area contributed by atoms with E-state index in [0.717, 1.165) is 0 Å². The summed E-state index contributed by atoms with van der Waals surface area (Å²) in [5, 5.41) is 2.62. The fourth-order valence-electron chi connectivity index (χ4n) is 2.87. The van der Waals surface area contributed by atoms with Gasteiger partial charge in [-0.2, -0.15) is 0 Å². The first kappa shape index (κ1) is 21.6. The smallest absolute Gasteiger partial charge is 0.338 e. The largest absolute Gasteiger partial charge is 0.486 e. The fraction of sp³-hybridized carbons (Fsp3) is 0.273. The number of esters is 1. The Bertz CT molecular complexity index is 1070. The van der Waals surface area contributed by atoms with E-state index in [0.29, 0.717) is 11.3 Å². The zero-order valence-electron chi connectivity index (χ0n) is 16.8. The van der Waals surface area contributed by atoms with Crippen molar-refractivity contribution in [3.05, 3.63) is 71.5 Å². The Balaban J connectivity index is 1.88. The van der Waals surface area contributed by atoms with Crippen molar-refractivity contribution < 1.29 is 27.5 Å². The molecule has 0 saturated heterocycles. The molecule has 1 aliphatic rings. The number of sulfone groups is 1. The molecule has 0 saturated carbocycles. The van der Waals surface area contributed by atoms with Gasteiger partial charge in [-0.05, 0) is 29.7 Å². The molecule has 0 radical (unpaired) electrons. The Kier molecular flexibility index (Phi) is 6.56. The van der Waals surface area contributed by atoms with Crippen LogP contribution in [-0.4, -0.2) is 39.3 Å². The van der Waals surface area contributed by atoms with E-state index in [1.165, 1.54) is 6.07 Å². The monoisotopic (exact) mass is 429 g/mol. The Morgan fingerprint density at radius 3 is 2.53 bits per heavy atom. The van der Waals surface area contributed by atoms with Gasteiger partial charge in [-0.15, -0.1) is 0 Å². The number of nitrogens with one attached hydrogen (secondary N) is 1. The molecule has 1 N–H and O–H groups in total. The van der Waals surface area contributed by atoms with Gasteiger partial charge in [0.25, 0.3) is 5.91 Å². The molecule has 0 aromatic heterocycles. The van der Waals surface area contributed by atoms with Crippen molar-refractivity contribution in [1.82, 2.24) is 0 Å². The highest BCUT2D eigenvalue weighted by Gasteiger charge is 2.33. The van der Waals surface area contributed by atoms with Gasteiger partial charge in [-0.1, -0.05) is 50.2 Å². The quantitative estimate of drug-likeness (QED) is 0.708. The van der Waals surface area contributed by atoms with Crippen LogP contribution in [0.5, 0.6) is 0 Å². The summed E-state index contributed by atoms with van der Waals surface area (Å²) in [6.45, 7) is 4.04. The van der Waals surface area contributed by atoms with Gasteiger partial charge in [0, 0.05) is 5.69 Å². The maximum Gasteiger partial charge on any atom is 0.338 e. The number of anilines is 1. The number of benzene rings is 2. The molecule has 8 heteroatoms. The molecule has 30 heavy (non-hydrogen) atoms. The Morgan fingerprint density at radius 2 is 1.83 bits per heavy atom. The van der Waals surface area contributed by atoms with Crippen LogP contribution < -0.4 is 5.32 Å². The van der Waals surface area contributed by atoms with E-state index in [-0.39, 0.29) is 41.1 Å². The zero-order valence-corrected chi connectivity index (χ0v) is 17.6. The first-order chi connectivity index (χ1) is 14.3. The van der Waals surface area contributed by atoms with Crippen molar-refractivity contribution >= 4 is 32.3 Å². The number of amides is 1. The molecule has 0 aliphatic carbocycles. The average Bonchev–Trinajstić information content (AvgIpc) is 2.72. The summed E-state index contributed by atoms with van der Waals surface area (Å²) in [5.41, 5.74) is 0.988. The minimum atomic E-state index is -3.68. The molecule has 2 aromatic rings. The Morgan fingerprint density at radius 1 is 1.10 bits per heavy atom. The molecule has 0 spiro atoms. The highest BCUT2D eigenvalue weighted by molar-refractivity contribution is 8.00. The first-order valence-electron chi connectivity index (χ1n) is 9.51. The number of carbonyl (C=O) groups excluding carboxylic acids is 2. The molecule has 2 aromatic carbocycles. The second-order valence-electron chi connectivity index (χ2n) is 7.22. The molecule has 0 atom stereocenters. The third-order valence-corrected chi connectivity index (χ3v) is 6.01. The van der Waals surface area contributed by atoms with E-state index in [4.69, 9.17) is 9.47 Å². The topological polar surface area (TPSA) is 98.8 Å². The van der Waals surface area contributed by atoms with E-state index < -0.39 is 21.7 Å². The van der Waals surface area contributed by atoms with Crippen LogP contribution in [0.25, 0.3) is 4.91 Å². The van der Waals surface area contributed by atoms with Crippen molar-refractivity contribution in [3.8, 4) is 0 Å². The van der Waals surface area contributed by atoms with Crippen LogP contribution in [0.2, 0.25) is 0 Å². The summed E-state index contributed by atoms with van der Waals surface area (Å²) in [5.74, 6) is -1.47. The third-order valence-electron chi connectivity index (χ3n) is 4.26. The summed E-state index contributed by atoms with van der Waals surface area (Å²) in [7, 11) is -3.68. The number of ether oxygens (including phenoxy) is 2. The normalized spacial score (nSPS) is 15.4. The van der Waals surface area contributed by atoms with E-state index in [1.54, 1.807) is 48.5 Å². The molecule has 1 heterocycles. The van der Waals surface area contributed by atoms with Crippen molar-refractivity contribution in [3.63, 3.8) is 0 Å². The molecule has 0 bridgehead atoms. The lowest BCUT2D eigenvalue weighted by atomic mass is 10.1. The highest BCUT2D eigenvalue weighted by Crippen LogP contribution is 2.30. The summed E-state index contributed by atoms with van der Waals surface area (Å²) >= 11 is 0. The van der Waals surface area contributed by atoms with Gasteiger partial charge in [0.2, 0.25) is 5.76 Å². The van der Waals surface area contributed by atoms with E-state index >= 15 is 0 Å². The molecular formula is C22H23NO6S. The lowest BCUT2D eigenvalue weighted by Gasteiger charge is -2.21. The maximum absolute atomic E-state index is 12.9. The van der Waals surface area contributed by atoms with Crippen molar-refractivity contribution in [2.45, 2.75) is 13.8 Å². The lowest BCUT2D eigenvalue weighted by Crippen LogP contribution is -2.28. The number of carbonyl (C=O) groups is 2. The second kappa shape index (κ2) is 9.13. The molecule has 158 valence electrons. The highest BCUT2D eigenvalue weighted by atomic mass is 32.2. The van der Waals surface area contributed by atoms with Crippen LogP contribution in [0, 0.1) is 5.92 Å². The third kappa shape index (κ3) is 5.07. The SMILES string of the molecule is CC(C)COC(=O)c1cccc(NC(=O)C2=C(c3ccccc3)S(=O)(=O)CCO2)c1. The van der Waals surface area contributed by atoms with Crippen LogP contribution in [-0.2, 0) is 24.1 Å². The minimum Gasteiger partial charge on any atom is -0.486 e. The molecule has 0 fully saturated rings. The summed E-state index contributed by atoms with van der Waals surface area (Å²) in [6, 6.07) is 14.6. The van der Waals surface area contributed by atoms with Gasteiger partial charge >= 0.3 is 5.97 Å². The summed E-state index contributed by atoms with van der Waals surface area (Å²) in [6.07, 6.45) is 0. The molecule has 1 aliphatic heterocycles. The Labute approximate surface area is 175 Å². The molecular weight excluding hydrogens is 406 g/mol. The van der Waals surface area contributed by atoms with Crippen molar-refractivity contribution in [2.24, 2.45) is 5.92 Å². The first-order valence-corrected chi connectivity index (χ1v) is 11.2. The number of hydrogen-bond donors (Lipinski definition) is 1. The van der Waals surface area contributed by atoms with Gasteiger partial charge in [0.05, 0.1) is 17.9 Å². The summed E-state index contributed by atoms with van der Waals surface area (Å²) in [4.78, 5) is 24.9. The van der Waals surface area contributed by atoms with Crippen LogP contribution in [0.3, 0.4) is 0 Å². The van der Waals surface area contributed by atoms with E-state index in [9.17, 15) is 18.0 Å². The maximum atomic E-state index is 12.9. The fourth-order valence-corrected chi connectivity index (χ4v) is 4.30. The van der Waals surface area contributed by atoms with E-state index in [1.807, 2.05) is 13.8 Å². The van der Waals surface area contributed by atoms with Crippen molar-refractivity contribution in [1.29, 1.82) is 0 Å². The molecule has 1 amide bonds. The van der Waals surface area contributed by atoms with E-state index in [2.05, 4.69) is 5.32 Å². The zero-order chi connectivity index (χ0) is 21.7. The van der Waals surface area contributed by atoms with Crippen LogP contribution in [0.1, 0.15) is 29.8 Å². The van der Waals surface area contributed by atoms with Crippen LogP contribution >= 0.6 is 0 Å². The van der Waals surface area contributed by atoms with Gasteiger partial charge in [-0.25, -0.2) is 13.2 Å². The minimum absolute atomic E-state index is 0.108. The van der Waals surface area contributed by atoms with Crippen LogP contribution in [0.15, 0.2) is 60.4 Å². The number of hydrogen-bond acceptors (Lipinski definition) is 6. The lowest BCUT2D eigenvalue weighted by molar-refractivity contribution is -0.115. The molecule has 7 nitrogen and oxygen atoms in total. The van der Waals surface area contributed by atoms with Gasteiger partial charge in [-0.3, -0.25) is 4.79 Å². The molecule has 3 rings (SSSR count). The molecule has 0 unspecified atom stereocenters. The number of rotatable bonds is 6. The average molecular weight is 429 g/mol. The van der Waals surface area contributed by atoms with Crippen molar-refractivity contribution in [2.75, 3.05) is 24.3 Å².